The summed E-state index contributed by atoms with van der Waals surface area (Å²) in [5, 5.41) is 9.75. The predicted molar refractivity (Wildman–Crippen MR) is 92.7 cm³/mol. The van der Waals surface area contributed by atoms with E-state index in [1.54, 1.807) is 4.90 Å². The van der Waals surface area contributed by atoms with Gasteiger partial charge in [0, 0.05) is 18.4 Å². The zero-order chi connectivity index (χ0) is 17.1. The van der Waals surface area contributed by atoms with Crippen molar-refractivity contribution in [2.75, 3.05) is 6.54 Å². The molecule has 1 N–H and O–H groups in total. The highest BCUT2D eigenvalue weighted by atomic mass is 16.4. The van der Waals surface area contributed by atoms with Crippen LogP contribution in [0.5, 0.6) is 0 Å². The van der Waals surface area contributed by atoms with Crippen molar-refractivity contribution in [3.63, 3.8) is 0 Å². The predicted octanol–water partition coefficient (Wildman–Crippen LogP) is 3.67. The Labute approximate surface area is 143 Å². The maximum atomic E-state index is 12.9. The molecule has 0 radical (unpaired) electrons. The lowest BCUT2D eigenvalue weighted by molar-refractivity contribution is -0.151. The largest absolute Gasteiger partial charge is 0.480 e. The van der Waals surface area contributed by atoms with Crippen molar-refractivity contribution in [1.29, 1.82) is 0 Å². The zero-order valence-electron chi connectivity index (χ0n) is 14.4. The lowest BCUT2D eigenvalue weighted by atomic mass is 9.80. The zero-order valence-corrected chi connectivity index (χ0v) is 14.4. The maximum Gasteiger partial charge on any atom is 0.327 e. The number of amides is 1. The highest BCUT2D eigenvalue weighted by Crippen LogP contribution is 2.37. The fourth-order valence-corrected chi connectivity index (χ4v) is 4.45. The normalized spacial score (nSPS) is 30.3. The Morgan fingerprint density at radius 2 is 1.75 bits per heavy atom. The molecular weight excluding hydrogens is 302 g/mol. The molecule has 4 heteroatoms. The number of benzene rings is 1. The third-order valence-corrected chi connectivity index (χ3v) is 5.94. The third kappa shape index (κ3) is 3.33. The van der Waals surface area contributed by atoms with Crippen molar-refractivity contribution in [1.82, 2.24) is 4.90 Å². The molecular formula is C20H27NO3. The Kier molecular flexibility index (Phi) is 5.22. The number of likely N-dealkylation sites (tertiary alicyclic amines) is 1. The van der Waals surface area contributed by atoms with Gasteiger partial charge in [0.1, 0.15) is 6.04 Å². The molecule has 4 nitrogen and oxygen atoms in total. The molecule has 1 amide bonds. The van der Waals surface area contributed by atoms with E-state index in [1.165, 1.54) is 6.42 Å². The molecule has 24 heavy (non-hydrogen) atoms. The van der Waals surface area contributed by atoms with E-state index < -0.39 is 12.0 Å². The quantitative estimate of drug-likeness (QED) is 0.917. The summed E-state index contributed by atoms with van der Waals surface area (Å²) in [5.41, 5.74) is 1.02. The van der Waals surface area contributed by atoms with Crippen molar-refractivity contribution in [2.45, 2.75) is 57.4 Å². The molecule has 1 aromatic rings. The number of hydrogen-bond acceptors (Lipinski definition) is 2. The van der Waals surface area contributed by atoms with Crippen LogP contribution < -0.4 is 0 Å². The van der Waals surface area contributed by atoms with Gasteiger partial charge in [-0.25, -0.2) is 4.79 Å². The maximum absolute atomic E-state index is 12.9. The topological polar surface area (TPSA) is 57.6 Å². The molecule has 1 saturated heterocycles. The van der Waals surface area contributed by atoms with Crippen molar-refractivity contribution >= 4 is 11.9 Å². The van der Waals surface area contributed by atoms with Gasteiger partial charge in [0.15, 0.2) is 0 Å². The number of carbonyl (C=O) groups is 2. The summed E-state index contributed by atoms with van der Waals surface area (Å²) in [7, 11) is 0. The summed E-state index contributed by atoms with van der Waals surface area (Å²) >= 11 is 0. The summed E-state index contributed by atoms with van der Waals surface area (Å²) in [4.78, 5) is 26.5. The van der Waals surface area contributed by atoms with E-state index in [-0.39, 0.29) is 17.7 Å². The van der Waals surface area contributed by atoms with Gasteiger partial charge >= 0.3 is 5.97 Å². The van der Waals surface area contributed by atoms with E-state index in [1.807, 2.05) is 30.3 Å². The van der Waals surface area contributed by atoms with E-state index in [9.17, 15) is 14.7 Å². The molecule has 1 aromatic carbocycles. The Bertz CT molecular complexity index is 578. The van der Waals surface area contributed by atoms with Crippen LogP contribution in [0.15, 0.2) is 30.3 Å². The molecule has 0 bridgehead atoms. The Morgan fingerprint density at radius 3 is 2.33 bits per heavy atom. The van der Waals surface area contributed by atoms with Crippen LogP contribution in [-0.4, -0.2) is 34.5 Å². The average molecular weight is 329 g/mol. The van der Waals surface area contributed by atoms with Crippen LogP contribution in [0.25, 0.3) is 0 Å². The monoisotopic (exact) mass is 329 g/mol. The molecule has 1 saturated carbocycles. The minimum absolute atomic E-state index is 0.0178. The first-order valence-corrected chi connectivity index (χ1v) is 9.20. The van der Waals surface area contributed by atoms with E-state index in [2.05, 4.69) is 6.92 Å². The number of rotatable bonds is 4. The Hall–Kier alpha value is -1.84. The van der Waals surface area contributed by atoms with Crippen LogP contribution in [-0.2, 0) is 9.59 Å². The van der Waals surface area contributed by atoms with Crippen LogP contribution in [0.2, 0.25) is 0 Å². The molecule has 2 fully saturated rings. The molecule has 3 rings (SSSR count). The minimum atomic E-state index is -0.878. The summed E-state index contributed by atoms with van der Waals surface area (Å²) in [6, 6.07) is 9.03. The lowest BCUT2D eigenvalue weighted by Crippen LogP contribution is -2.46. The minimum Gasteiger partial charge on any atom is -0.480 e. The molecule has 0 aromatic heterocycles. The van der Waals surface area contributed by atoms with Gasteiger partial charge in [-0.2, -0.15) is 0 Å². The van der Waals surface area contributed by atoms with Gasteiger partial charge in [-0.3, -0.25) is 4.79 Å². The average Bonchev–Trinajstić information content (AvgIpc) is 3.07. The van der Waals surface area contributed by atoms with Gasteiger partial charge in [-0.15, -0.1) is 0 Å². The van der Waals surface area contributed by atoms with Crippen LogP contribution >= 0.6 is 0 Å². The number of hydrogen-bond donors (Lipinski definition) is 1. The number of carboxylic acid groups (broad SMARTS) is 1. The highest BCUT2D eigenvalue weighted by Gasteiger charge is 2.44. The summed E-state index contributed by atoms with van der Waals surface area (Å²) < 4.78 is 0. The lowest BCUT2D eigenvalue weighted by Gasteiger charge is -2.32. The SMILES string of the molecule is CC[C@H]1CC[C@H](C(=O)N2CC[C@@H](c3ccccc3)[C@H]2C(=O)O)CC1. The smallest absolute Gasteiger partial charge is 0.327 e. The molecule has 1 aliphatic carbocycles. The van der Waals surface area contributed by atoms with Gasteiger partial charge < -0.3 is 10.0 Å². The van der Waals surface area contributed by atoms with Gasteiger partial charge in [0.2, 0.25) is 5.91 Å². The summed E-state index contributed by atoms with van der Waals surface area (Å²) in [6.45, 7) is 2.77. The van der Waals surface area contributed by atoms with Crippen LogP contribution in [0.3, 0.4) is 0 Å². The van der Waals surface area contributed by atoms with Crippen molar-refractivity contribution in [2.24, 2.45) is 11.8 Å². The van der Waals surface area contributed by atoms with E-state index in [0.29, 0.717) is 6.54 Å². The number of carboxylic acids is 1. The Balaban J connectivity index is 1.73. The first-order chi connectivity index (χ1) is 11.6. The molecule has 2 atom stereocenters. The summed E-state index contributed by atoms with van der Waals surface area (Å²) in [6.07, 6.45) is 5.93. The van der Waals surface area contributed by atoms with Crippen LogP contribution in [0.4, 0.5) is 0 Å². The molecule has 130 valence electrons. The van der Waals surface area contributed by atoms with Gasteiger partial charge in [-0.1, -0.05) is 43.7 Å². The standard InChI is InChI=1S/C20H27NO3/c1-2-14-8-10-16(11-9-14)19(22)21-13-12-17(18(21)20(23)24)15-6-4-3-5-7-15/h3-7,14,16-18H,2,8-13H2,1H3,(H,23,24)/t14-,16-,17-,18-/m0/s1. The fourth-order valence-electron chi connectivity index (χ4n) is 4.45. The van der Waals surface area contributed by atoms with Crippen molar-refractivity contribution in [3.8, 4) is 0 Å². The van der Waals surface area contributed by atoms with E-state index in [0.717, 1.165) is 43.6 Å². The second kappa shape index (κ2) is 7.37. The Morgan fingerprint density at radius 1 is 1.08 bits per heavy atom. The van der Waals surface area contributed by atoms with Crippen molar-refractivity contribution in [3.05, 3.63) is 35.9 Å². The molecule has 1 aliphatic heterocycles. The van der Waals surface area contributed by atoms with Crippen molar-refractivity contribution < 1.29 is 14.7 Å². The number of nitrogens with zero attached hydrogens (tertiary/aromatic N) is 1. The molecule has 0 spiro atoms. The number of aliphatic carboxylic acids is 1. The van der Waals surface area contributed by atoms with E-state index >= 15 is 0 Å². The number of carbonyl (C=O) groups excluding carboxylic acids is 1. The highest BCUT2D eigenvalue weighted by molar-refractivity contribution is 5.86. The van der Waals surface area contributed by atoms with Gasteiger partial charge in [-0.05, 0) is 43.6 Å². The van der Waals surface area contributed by atoms with Gasteiger partial charge in [0.25, 0.3) is 0 Å². The van der Waals surface area contributed by atoms with E-state index in [4.69, 9.17) is 0 Å². The third-order valence-electron chi connectivity index (χ3n) is 5.94. The van der Waals surface area contributed by atoms with Gasteiger partial charge in [0.05, 0.1) is 0 Å². The molecule has 2 aliphatic rings. The fraction of sp³-hybridized carbons (Fsp3) is 0.600. The molecule has 0 unspecified atom stereocenters. The molecule has 1 heterocycles. The first kappa shape index (κ1) is 17.0. The van der Waals surface area contributed by atoms with Crippen LogP contribution in [0.1, 0.15) is 56.9 Å². The second-order valence-electron chi connectivity index (χ2n) is 7.25. The first-order valence-electron chi connectivity index (χ1n) is 9.20. The second-order valence-corrected chi connectivity index (χ2v) is 7.25. The van der Waals surface area contributed by atoms with Crippen LogP contribution in [0, 0.1) is 11.8 Å². The summed E-state index contributed by atoms with van der Waals surface area (Å²) in [5.74, 6) is -0.156.